The summed E-state index contributed by atoms with van der Waals surface area (Å²) in [5.74, 6) is 1.73. The van der Waals surface area contributed by atoms with Gasteiger partial charge in [-0.15, -0.1) is 11.8 Å². The number of hydrogen-bond donors (Lipinski definition) is 0. The molecule has 3 aromatic rings. The van der Waals surface area contributed by atoms with Crippen molar-refractivity contribution in [2.45, 2.75) is 4.75 Å². The van der Waals surface area contributed by atoms with Crippen LogP contribution in [-0.4, -0.2) is 20.5 Å². The predicted octanol–water partition coefficient (Wildman–Crippen LogP) is 5.36. The molecular formula is C22H22O2S. The number of ether oxygens (including phenoxy) is 2. The predicted molar refractivity (Wildman–Crippen MR) is 106 cm³/mol. The van der Waals surface area contributed by atoms with Crippen LogP contribution in [0.5, 0.6) is 11.5 Å². The van der Waals surface area contributed by atoms with Gasteiger partial charge >= 0.3 is 0 Å². The lowest BCUT2D eigenvalue weighted by Gasteiger charge is -2.34. The maximum Gasteiger partial charge on any atom is 0.118 e. The second-order valence-corrected chi connectivity index (χ2v) is 6.73. The van der Waals surface area contributed by atoms with E-state index in [2.05, 4.69) is 60.9 Å². The zero-order chi connectivity index (χ0) is 17.7. The van der Waals surface area contributed by atoms with Crippen molar-refractivity contribution in [3.63, 3.8) is 0 Å². The SMILES string of the molecule is COc1ccc(C(SC)(c2ccccc2)c2ccc(OC)cc2)cc1. The van der Waals surface area contributed by atoms with E-state index in [1.54, 1.807) is 14.2 Å². The highest BCUT2D eigenvalue weighted by atomic mass is 32.2. The number of hydrogen-bond acceptors (Lipinski definition) is 3. The molecule has 0 atom stereocenters. The molecule has 25 heavy (non-hydrogen) atoms. The average molecular weight is 350 g/mol. The average Bonchev–Trinajstić information content (AvgIpc) is 2.71. The highest BCUT2D eigenvalue weighted by Gasteiger charge is 2.35. The van der Waals surface area contributed by atoms with Crippen molar-refractivity contribution < 1.29 is 9.47 Å². The molecule has 0 aliphatic carbocycles. The van der Waals surface area contributed by atoms with Crippen LogP contribution in [0.15, 0.2) is 78.9 Å². The fraction of sp³-hybridized carbons (Fsp3) is 0.182. The van der Waals surface area contributed by atoms with Crippen LogP contribution in [0.25, 0.3) is 0 Å². The van der Waals surface area contributed by atoms with Crippen molar-refractivity contribution in [2.75, 3.05) is 20.5 Å². The Hall–Kier alpha value is -2.39. The van der Waals surface area contributed by atoms with Crippen LogP contribution in [0.1, 0.15) is 16.7 Å². The summed E-state index contributed by atoms with van der Waals surface area (Å²) in [6.45, 7) is 0. The monoisotopic (exact) mass is 350 g/mol. The summed E-state index contributed by atoms with van der Waals surface area (Å²) in [7, 11) is 3.38. The van der Waals surface area contributed by atoms with Crippen LogP contribution in [0, 0.1) is 0 Å². The van der Waals surface area contributed by atoms with E-state index in [4.69, 9.17) is 9.47 Å². The molecule has 0 bridgehead atoms. The molecular weight excluding hydrogens is 328 g/mol. The largest absolute Gasteiger partial charge is 0.497 e. The summed E-state index contributed by atoms with van der Waals surface area (Å²) < 4.78 is 10.4. The number of rotatable bonds is 6. The molecule has 3 heteroatoms. The Morgan fingerprint density at radius 1 is 0.600 bits per heavy atom. The van der Waals surface area contributed by atoms with Crippen molar-refractivity contribution in [3.8, 4) is 11.5 Å². The molecule has 0 unspecified atom stereocenters. The van der Waals surface area contributed by atoms with Crippen LogP contribution in [0.4, 0.5) is 0 Å². The Labute approximate surface area is 153 Å². The first-order chi connectivity index (χ1) is 12.2. The standard InChI is InChI=1S/C22H22O2S/c1-23-20-13-9-18(10-14-20)22(25-3,17-7-5-4-6-8-17)19-11-15-21(24-2)16-12-19/h4-16H,1-3H3. The Morgan fingerprint density at radius 2 is 1.00 bits per heavy atom. The summed E-state index contributed by atoms with van der Waals surface area (Å²) in [6.07, 6.45) is 2.15. The minimum absolute atomic E-state index is 0.292. The van der Waals surface area contributed by atoms with Gasteiger partial charge in [-0.3, -0.25) is 0 Å². The van der Waals surface area contributed by atoms with E-state index >= 15 is 0 Å². The third kappa shape index (κ3) is 3.24. The van der Waals surface area contributed by atoms with Crippen molar-refractivity contribution in [2.24, 2.45) is 0 Å². The van der Waals surface area contributed by atoms with Gasteiger partial charge in [0.1, 0.15) is 11.5 Å². The molecule has 2 nitrogen and oxygen atoms in total. The van der Waals surface area contributed by atoms with E-state index in [1.807, 2.05) is 36.0 Å². The molecule has 0 amide bonds. The molecule has 0 radical (unpaired) electrons. The third-order valence-electron chi connectivity index (χ3n) is 4.48. The molecule has 3 rings (SSSR count). The molecule has 0 aromatic heterocycles. The summed E-state index contributed by atoms with van der Waals surface area (Å²) in [5.41, 5.74) is 3.69. The van der Waals surface area contributed by atoms with Crippen molar-refractivity contribution >= 4 is 11.8 Å². The number of methoxy groups -OCH3 is 2. The van der Waals surface area contributed by atoms with E-state index in [0.29, 0.717) is 0 Å². The summed E-state index contributed by atoms with van der Waals surface area (Å²) >= 11 is 1.82. The van der Waals surface area contributed by atoms with Gasteiger partial charge in [0.2, 0.25) is 0 Å². The van der Waals surface area contributed by atoms with Gasteiger partial charge in [-0.2, -0.15) is 0 Å². The third-order valence-corrected chi connectivity index (χ3v) is 5.80. The zero-order valence-corrected chi connectivity index (χ0v) is 15.5. The summed E-state index contributed by atoms with van der Waals surface area (Å²) in [4.78, 5) is 0. The Morgan fingerprint density at radius 3 is 1.36 bits per heavy atom. The minimum atomic E-state index is -0.292. The number of benzene rings is 3. The van der Waals surface area contributed by atoms with Crippen molar-refractivity contribution in [1.82, 2.24) is 0 Å². The van der Waals surface area contributed by atoms with Crippen LogP contribution >= 0.6 is 11.8 Å². The molecule has 0 N–H and O–H groups in total. The van der Waals surface area contributed by atoms with Gasteiger partial charge in [0, 0.05) is 0 Å². The summed E-state index contributed by atoms with van der Waals surface area (Å²) in [6, 6.07) is 27.3. The van der Waals surface area contributed by atoms with Crippen LogP contribution in [0.3, 0.4) is 0 Å². The lowest BCUT2D eigenvalue weighted by molar-refractivity contribution is 0.414. The highest BCUT2D eigenvalue weighted by Crippen LogP contribution is 2.47. The Kier molecular flexibility index (Phi) is 5.34. The van der Waals surface area contributed by atoms with E-state index < -0.39 is 0 Å². The molecule has 0 aliphatic heterocycles. The fourth-order valence-electron chi connectivity index (χ4n) is 3.18. The zero-order valence-electron chi connectivity index (χ0n) is 14.7. The normalized spacial score (nSPS) is 11.2. The second kappa shape index (κ2) is 7.66. The lowest BCUT2D eigenvalue weighted by Crippen LogP contribution is -2.25. The van der Waals surface area contributed by atoms with Gasteiger partial charge in [0.15, 0.2) is 0 Å². The topological polar surface area (TPSA) is 18.5 Å². The molecule has 3 aromatic carbocycles. The maximum atomic E-state index is 5.33. The van der Waals surface area contributed by atoms with E-state index in [9.17, 15) is 0 Å². The first-order valence-corrected chi connectivity index (χ1v) is 9.37. The van der Waals surface area contributed by atoms with E-state index in [1.165, 1.54) is 16.7 Å². The van der Waals surface area contributed by atoms with Gasteiger partial charge in [-0.25, -0.2) is 0 Å². The quantitative estimate of drug-likeness (QED) is 0.558. The van der Waals surface area contributed by atoms with Crippen LogP contribution in [-0.2, 0) is 4.75 Å². The van der Waals surface area contributed by atoms with Crippen LogP contribution in [0.2, 0.25) is 0 Å². The van der Waals surface area contributed by atoms with Gasteiger partial charge in [0.25, 0.3) is 0 Å². The first kappa shape index (κ1) is 17.4. The van der Waals surface area contributed by atoms with E-state index in [-0.39, 0.29) is 4.75 Å². The van der Waals surface area contributed by atoms with Gasteiger partial charge in [-0.1, -0.05) is 54.6 Å². The molecule has 0 heterocycles. The fourth-order valence-corrected chi connectivity index (χ4v) is 4.29. The molecule has 0 fully saturated rings. The molecule has 0 saturated heterocycles. The molecule has 0 spiro atoms. The van der Waals surface area contributed by atoms with Gasteiger partial charge in [-0.05, 0) is 47.2 Å². The smallest absolute Gasteiger partial charge is 0.118 e. The molecule has 0 aliphatic rings. The maximum absolute atomic E-state index is 5.33. The van der Waals surface area contributed by atoms with Crippen molar-refractivity contribution in [1.29, 1.82) is 0 Å². The Bertz CT molecular complexity index is 748. The molecule has 0 saturated carbocycles. The van der Waals surface area contributed by atoms with Crippen molar-refractivity contribution in [3.05, 3.63) is 95.6 Å². The molecule has 128 valence electrons. The van der Waals surface area contributed by atoms with Gasteiger partial charge < -0.3 is 9.47 Å². The van der Waals surface area contributed by atoms with E-state index in [0.717, 1.165) is 11.5 Å². The Balaban J connectivity index is 2.21. The summed E-state index contributed by atoms with van der Waals surface area (Å²) in [5, 5.41) is 0. The van der Waals surface area contributed by atoms with Gasteiger partial charge in [0.05, 0.1) is 19.0 Å². The first-order valence-electron chi connectivity index (χ1n) is 8.14. The lowest BCUT2D eigenvalue weighted by atomic mass is 9.84. The highest BCUT2D eigenvalue weighted by molar-refractivity contribution is 8.00. The van der Waals surface area contributed by atoms with Crippen LogP contribution < -0.4 is 9.47 Å². The second-order valence-electron chi connectivity index (χ2n) is 5.71. The minimum Gasteiger partial charge on any atom is -0.497 e. The number of thioether (sulfide) groups is 1.